The van der Waals surface area contributed by atoms with E-state index in [0.29, 0.717) is 12.1 Å². The van der Waals surface area contributed by atoms with E-state index in [0.717, 1.165) is 5.56 Å². The average Bonchev–Trinajstić information content (AvgIpc) is 2.80. The summed E-state index contributed by atoms with van der Waals surface area (Å²) >= 11 is 5.91. The van der Waals surface area contributed by atoms with Crippen LogP contribution in [-0.2, 0) is 0 Å². The van der Waals surface area contributed by atoms with Crippen LogP contribution in [0.4, 0.5) is 0 Å². The number of aliphatic hydroxyl groups excluding tert-OH is 1. The first kappa shape index (κ1) is 14.1. The molecule has 2 rings (SSSR count). The molecule has 19 heavy (non-hydrogen) atoms. The topological polar surface area (TPSA) is 59.4 Å². The van der Waals surface area contributed by atoms with Crippen LogP contribution in [0.25, 0.3) is 0 Å². The van der Waals surface area contributed by atoms with Gasteiger partial charge in [-0.05, 0) is 48.2 Å². The molecule has 2 aromatic rings. The highest BCUT2D eigenvalue weighted by Crippen LogP contribution is 2.35. The summed E-state index contributed by atoms with van der Waals surface area (Å²) in [4.78, 5) is 0. The van der Waals surface area contributed by atoms with E-state index in [1.807, 2.05) is 19.1 Å². The van der Waals surface area contributed by atoms with Gasteiger partial charge in [-0.3, -0.25) is 0 Å². The number of aryl methyl sites for hydroxylation is 2. The zero-order valence-corrected chi connectivity index (χ0v) is 11.8. The minimum Gasteiger partial charge on any atom is -0.453 e. The fraction of sp³-hybridized carbons (Fsp3) is 0.333. The van der Waals surface area contributed by atoms with Crippen molar-refractivity contribution in [1.29, 1.82) is 0 Å². The van der Waals surface area contributed by atoms with Crippen LogP contribution in [0.15, 0.2) is 34.9 Å². The number of hydrogen-bond donors (Lipinski definition) is 2. The van der Waals surface area contributed by atoms with Crippen molar-refractivity contribution in [2.45, 2.75) is 25.9 Å². The molecule has 3 nitrogen and oxygen atoms in total. The molecule has 0 saturated heterocycles. The lowest BCUT2D eigenvalue weighted by Gasteiger charge is -2.22. The molecule has 0 bridgehead atoms. The van der Waals surface area contributed by atoms with Crippen LogP contribution in [0, 0.1) is 13.8 Å². The molecule has 0 aliphatic rings. The smallest absolute Gasteiger partial charge is 0.198 e. The second-order valence-corrected chi connectivity index (χ2v) is 5.12. The Morgan fingerprint density at radius 1 is 1.26 bits per heavy atom. The Balaban J connectivity index is 2.34. The summed E-state index contributed by atoms with van der Waals surface area (Å²) in [7, 11) is 0. The van der Waals surface area contributed by atoms with Crippen LogP contribution in [0.3, 0.4) is 0 Å². The fourth-order valence-corrected chi connectivity index (χ4v) is 2.40. The molecule has 2 atom stereocenters. The summed E-state index contributed by atoms with van der Waals surface area (Å²) in [6.07, 6.45) is 0.702. The number of halogens is 1. The Hall–Kier alpha value is -1.29. The van der Waals surface area contributed by atoms with E-state index in [1.165, 1.54) is 17.4 Å². The lowest BCUT2D eigenvalue weighted by atomic mass is 9.88. The van der Waals surface area contributed by atoms with Crippen LogP contribution >= 0.6 is 11.6 Å². The van der Waals surface area contributed by atoms with Crippen LogP contribution in [0.2, 0.25) is 5.22 Å². The van der Waals surface area contributed by atoms with Gasteiger partial charge < -0.3 is 15.3 Å². The number of nitrogens with two attached hydrogens (primary N) is 1. The standard InChI is InChI=1S/C15H18ClNO2/c1-9-3-4-11(7-10(9)2)13(8-17)14(18)12-5-6-19-15(12)16/h3-7,13-14,18H,8,17H2,1-2H3. The average molecular weight is 280 g/mol. The number of benzene rings is 1. The molecule has 1 heterocycles. The first-order valence-electron chi connectivity index (χ1n) is 6.22. The van der Waals surface area contributed by atoms with Crippen molar-refractivity contribution in [3.63, 3.8) is 0 Å². The van der Waals surface area contributed by atoms with E-state index >= 15 is 0 Å². The molecule has 0 fully saturated rings. The van der Waals surface area contributed by atoms with Gasteiger partial charge in [0.2, 0.25) is 0 Å². The lowest BCUT2D eigenvalue weighted by Crippen LogP contribution is -2.20. The van der Waals surface area contributed by atoms with Gasteiger partial charge in [0.1, 0.15) is 0 Å². The second-order valence-electron chi connectivity index (χ2n) is 4.78. The monoisotopic (exact) mass is 279 g/mol. The Morgan fingerprint density at radius 3 is 2.53 bits per heavy atom. The van der Waals surface area contributed by atoms with Crippen molar-refractivity contribution >= 4 is 11.6 Å². The van der Waals surface area contributed by atoms with E-state index in [-0.39, 0.29) is 11.1 Å². The first-order valence-corrected chi connectivity index (χ1v) is 6.60. The van der Waals surface area contributed by atoms with Gasteiger partial charge in [-0.2, -0.15) is 0 Å². The highest BCUT2D eigenvalue weighted by atomic mass is 35.5. The molecule has 0 aliphatic carbocycles. The van der Waals surface area contributed by atoms with Crippen molar-refractivity contribution < 1.29 is 9.52 Å². The third-order valence-electron chi connectivity index (χ3n) is 3.56. The summed E-state index contributed by atoms with van der Waals surface area (Å²) in [6, 6.07) is 7.77. The van der Waals surface area contributed by atoms with Crippen molar-refractivity contribution in [2.24, 2.45) is 5.73 Å². The molecular weight excluding hydrogens is 262 g/mol. The molecule has 3 N–H and O–H groups in total. The molecule has 1 aromatic carbocycles. The number of hydrogen-bond acceptors (Lipinski definition) is 3. The Bertz CT molecular complexity index is 565. The molecule has 0 radical (unpaired) electrons. The molecule has 102 valence electrons. The van der Waals surface area contributed by atoms with Gasteiger partial charge in [0.15, 0.2) is 5.22 Å². The SMILES string of the molecule is Cc1ccc(C(CN)C(O)c2ccoc2Cl)cc1C. The van der Waals surface area contributed by atoms with E-state index in [9.17, 15) is 5.11 Å². The summed E-state index contributed by atoms with van der Waals surface area (Å²) in [6.45, 7) is 4.44. The number of furan rings is 1. The normalized spacial score (nSPS) is 14.4. The van der Waals surface area contributed by atoms with Crippen LogP contribution in [-0.4, -0.2) is 11.7 Å². The second kappa shape index (κ2) is 5.78. The molecule has 0 aliphatic heterocycles. The van der Waals surface area contributed by atoms with E-state index in [4.69, 9.17) is 21.8 Å². The molecule has 0 amide bonds. The summed E-state index contributed by atoms with van der Waals surface area (Å²) < 4.78 is 5.02. The third-order valence-corrected chi connectivity index (χ3v) is 3.87. The summed E-state index contributed by atoms with van der Waals surface area (Å²) in [5, 5.41) is 10.7. The van der Waals surface area contributed by atoms with E-state index in [1.54, 1.807) is 6.07 Å². The number of rotatable bonds is 4. The van der Waals surface area contributed by atoms with Gasteiger partial charge in [0.05, 0.1) is 12.4 Å². The van der Waals surface area contributed by atoms with Crippen LogP contribution < -0.4 is 5.73 Å². The van der Waals surface area contributed by atoms with Gasteiger partial charge in [0.25, 0.3) is 0 Å². The van der Waals surface area contributed by atoms with Crippen molar-refractivity contribution in [1.82, 2.24) is 0 Å². The largest absolute Gasteiger partial charge is 0.453 e. The van der Waals surface area contributed by atoms with Crippen LogP contribution in [0.5, 0.6) is 0 Å². The van der Waals surface area contributed by atoms with Gasteiger partial charge in [-0.1, -0.05) is 18.2 Å². The van der Waals surface area contributed by atoms with Gasteiger partial charge in [0, 0.05) is 18.0 Å². The maximum Gasteiger partial charge on any atom is 0.198 e. The zero-order chi connectivity index (χ0) is 14.0. The highest BCUT2D eigenvalue weighted by molar-refractivity contribution is 6.29. The minimum atomic E-state index is -0.765. The van der Waals surface area contributed by atoms with Gasteiger partial charge in [-0.15, -0.1) is 0 Å². The predicted molar refractivity (Wildman–Crippen MR) is 76.4 cm³/mol. The summed E-state index contributed by atoms with van der Waals surface area (Å²) in [5.74, 6) is -0.200. The van der Waals surface area contributed by atoms with Crippen molar-refractivity contribution in [3.8, 4) is 0 Å². The molecular formula is C15H18ClNO2. The third kappa shape index (κ3) is 2.84. The molecule has 4 heteroatoms. The predicted octanol–water partition coefficient (Wildman–Crippen LogP) is 3.33. The van der Waals surface area contributed by atoms with Crippen LogP contribution in [0.1, 0.15) is 34.3 Å². The molecule has 0 spiro atoms. The fourth-order valence-electron chi connectivity index (χ4n) is 2.17. The highest BCUT2D eigenvalue weighted by Gasteiger charge is 2.25. The lowest BCUT2D eigenvalue weighted by molar-refractivity contribution is 0.147. The Morgan fingerprint density at radius 2 is 2.00 bits per heavy atom. The van der Waals surface area contributed by atoms with Crippen molar-refractivity contribution in [3.05, 3.63) is 58.0 Å². The maximum absolute atomic E-state index is 10.4. The van der Waals surface area contributed by atoms with Crippen molar-refractivity contribution in [2.75, 3.05) is 6.54 Å². The Kier molecular flexibility index (Phi) is 4.30. The minimum absolute atomic E-state index is 0.200. The maximum atomic E-state index is 10.4. The zero-order valence-electron chi connectivity index (χ0n) is 11.1. The quantitative estimate of drug-likeness (QED) is 0.902. The van der Waals surface area contributed by atoms with E-state index < -0.39 is 6.10 Å². The molecule has 0 saturated carbocycles. The summed E-state index contributed by atoms with van der Waals surface area (Å²) in [5.41, 5.74) is 9.80. The molecule has 1 aromatic heterocycles. The van der Waals surface area contributed by atoms with E-state index in [2.05, 4.69) is 13.0 Å². The van der Waals surface area contributed by atoms with Gasteiger partial charge in [-0.25, -0.2) is 0 Å². The number of aliphatic hydroxyl groups is 1. The molecule has 2 unspecified atom stereocenters. The first-order chi connectivity index (χ1) is 9.04. The van der Waals surface area contributed by atoms with Gasteiger partial charge >= 0.3 is 0 Å². The Labute approximate surface area is 118 Å².